The predicted molar refractivity (Wildman–Crippen MR) is 186 cm³/mol. The van der Waals surface area contributed by atoms with Crippen LogP contribution in [0.4, 0.5) is 0 Å². The highest BCUT2D eigenvalue weighted by molar-refractivity contribution is 5.73. The predicted octanol–water partition coefficient (Wildman–Crippen LogP) is 8.47. The largest absolute Gasteiger partial charge is 0.507 e. The Hall–Kier alpha value is -5.37. The van der Waals surface area contributed by atoms with Crippen molar-refractivity contribution in [1.29, 1.82) is 0 Å². The third-order valence-corrected chi connectivity index (χ3v) is 7.74. The summed E-state index contributed by atoms with van der Waals surface area (Å²) in [5, 5.41) is 21.3. The number of aromatic hydroxyl groups is 1. The highest BCUT2D eigenvalue weighted by Gasteiger charge is 2.16. The first kappa shape index (κ1) is 31.6. The van der Waals surface area contributed by atoms with E-state index < -0.39 is 6.10 Å². The first-order chi connectivity index (χ1) is 23.1. The molecule has 0 saturated heterocycles. The number of aliphatic hydroxyl groups excluding tert-OH is 1. The number of benzene rings is 5. The van der Waals surface area contributed by atoms with Gasteiger partial charge in [-0.1, -0.05) is 123 Å². The molecule has 6 rings (SSSR count). The van der Waals surface area contributed by atoms with E-state index in [2.05, 4.69) is 55.5 Å². The maximum atomic E-state index is 11.1. The molecule has 0 spiro atoms. The lowest BCUT2D eigenvalue weighted by atomic mass is 10.0. The summed E-state index contributed by atoms with van der Waals surface area (Å²) in [5.74, 6) is 1.68. The second-order valence-electron chi connectivity index (χ2n) is 11.3. The summed E-state index contributed by atoms with van der Waals surface area (Å²) in [6, 6.07) is 41.5. The van der Waals surface area contributed by atoms with Gasteiger partial charge < -0.3 is 19.7 Å². The Balaban J connectivity index is 1.30. The van der Waals surface area contributed by atoms with Crippen molar-refractivity contribution in [3.05, 3.63) is 127 Å². The monoisotopic (exact) mass is 623 g/mol. The molecular weight excluding hydrogens is 586 g/mol. The number of hydrogen-bond donors (Lipinski definition) is 2. The quantitative estimate of drug-likeness (QED) is 0.125. The van der Waals surface area contributed by atoms with E-state index in [1.807, 2.05) is 60.7 Å². The number of nitrogens with zero attached hydrogens (tertiary/aromatic N) is 3. The smallest absolute Gasteiger partial charge is 0.167 e. The van der Waals surface area contributed by atoms with Crippen molar-refractivity contribution in [2.45, 2.75) is 25.9 Å². The molecule has 1 heterocycles. The standard InChI is InChI=1S/C40H37N3O4/c1-2-3-24-46-26-34(44)27-47-35-22-23-36(37(45)25-35)40-42-38(32-18-14-30(15-19-32)28-10-6-4-7-11-28)41-39(43-40)33-20-16-31(17-21-33)29-12-8-5-9-13-29/h4-23,25,34,44-45H,2-3,24,26-27H2,1H3. The van der Waals surface area contributed by atoms with Crippen molar-refractivity contribution in [2.75, 3.05) is 19.8 Å². The van der Waals surface area contributed by atoms with E-state index in [4.69, 9.17) is 24.4 Å². The van der Waals surface area contributed by atoms with E-state index >= 15 is 0 Å². The Morgan fingerprint density at radius 1 is 0.574 bits per heavy atom. The van der Waals surface area contributed by atoms with Gasteiger partial charge in [-0.2, -0.15) is 0 Å². The Morgan fingerprint density at radius 2 is 1.06 bits per heavy atom. The van der Waals surface area contributed by atoms with Gasteiger partial charge in [-0.05, 0) is 40.8 Å². The summed E-state index contributed by atoms with van der Waals surface area (Å²) in [7, 11) is 0. The van der Waals surface area contributed by atoms with Crippen LogP contribution in [0.2, 0.25) is 0 Å². The lowest BCUT2D eigenvalue weighted by Gasteiger charge is -2.14. The molecule has 47 heavy (non-hydrogen) atoms. The first-order valence-electron chi connectivity index (χ1n) is 15.9. The van der Waals surface area contributed by atoms with Gasteiger partial charge >= 0.3 is 0 Å². The van der Waals surface area contributed by atoms with Gasteiger partial charge in [-0.25, -0.2) is 15.0 Å². The number of rotatable bonds is 13. The minimum atomic E-state index is -0.774. The highest BCUT2D eigenvalue weighted by atomic mass is 16.5. The zero-order valence-corrected chi connectivity index (χ0v) is 26.3. The number of phenols is 1. The lowest BCUT2D eigenvalue weighted by Crippen LogP contribution is -2.23. The van der Waals surface area contributed by atoms with Gasteiger partial charge in [0.25, 0.3) is 0 Å². The van der Waals surface area contributed by atoms with E-state index in [0.29, 0.717) is 35.4 Å². The summed E-state index contributed by atoms with van der Waals surface area (Å²) in [6.07, 6.45) is 1.20. The molecule has 236 valence electrons. The summed E-state index contributed by atoms with van der Waals surface area (Å²) >= 11 is 0. The summed E-state index contributed by atoms with van der Waals surface area (Å²) < 4.78 is 11.2. The van der Waals surface area contributed by atoms with Crippen molar-refractivity contribution in [3.8, 4) is 67.9 Å². The molecule has 6 aromatic rings. The number of aromatic nitrogens is 3. The highest BCUT2D eigenvalue weighted by Crippen LogP contribution is 2.33. The first-order valence-corrected chi connectivity index (χ1v) is 15.9. The molecule has 7 heteroatoms. The zero-order chi connectivity index (χ0) is 32.4. The lowest BCUT2D eigenvalue weighted by molar-refractivity contribution is 0.0113. The molecule has 0 radical (unpaired) electrons. The Labute approximate surface area is 275 Å². The van der Waals surface area contributed by atoms with E-state index in [9.17, 15) is 10.2 Å². The fraction of sp³-hybridized carbons (Fsp3) is 0.175. The van der Waals surface area contributed by atoms with Crippen molar-refractivity contribution in [3.63, 3.8) is 0 Å². The molecule has 1 unspecified atom stereocenters. The normalized spacial score (nSPS) is 11.7. The number of unbranched alkanes of at least 4 members (excludes halogenated alkanes) is 1. The number of phenolic OH excluding ortho intramolecular Hbond substituents is 1. The van der Waals surface area contributed by atoms with Crippen molar-refractivity contribution in [2.24, 2.45) is 0 Å². The molecular formula is C40H37N3O4. The minimum absolute atomic E-state index is 0.0434. The Bertz CT molecular complexity index is 1780. The summed E-state index contributed by atoms with van der Waals surface area (Å²) in [4.78, 5) is 14.5. The van der Waals surface area contributed by atoms with Crippen LogP contribution in [0.3, 0.4) is 0 Å². The molecule has 0 fully saturated rings. The number of hydrogen-bond acceptors (Lipinski definition) is 7. The van der Waals surface area contributed by atoms with Gasteiger partial charge in [0.2, 0.25) is 0 Å². The van der Waals surface area contributed by atoms with Crippen LogP contribution >= 0.6 is 0 Å². The maximum Gasteiger partial charge on any atom is 0.167 e. The summed E-state index contributed by atoms with van der Waals surface area (Å²) in [6.45, 7) is 2.93. The van der Waals surface area contributed by atoms with Gasteiger partial charge in [0.15, 0.2) is 17.5 Å². The molecule has 2 N–H and O–H groups in total. The van der Waals surface area contributed by atoms with Crippen LogP contribution in [-0.2, 0) is 4.74 Å². The topological polar surface area (TPSA) is 97.6 Å². The molecule has 1 atom stereocenters. The fourth-order valence-corrected chi connectivity index (χ4v) is 5.14. The molecule has 0 amide bonds. The molecule has 0 aliphatic rings. The molecule has 0 aliphatic carbocycles. The second kappa shape index (κ2) is 15.3. The van der Waals surface area contributed by atoms with Crippen molar-refractivity contribution in [1.82, 2.24) is 15.0 Å². The van der Waals surface area contributed by atoms with Crippen molar-refractivity contribution < 1.29 is 19.7 Å². The molecule has 0 bridgehead atoms. The SMILES string of the molecule is CCCCOCC(O)COc1ccc(-c2nc(-c3ccc(-c4ccccc4)cc3)nc(-c3ccc(-c4ccccc4)cc3)n2)c(O)c1. The van der Waals surface area contributed by atoms with E-state index in [-0.39, 0.29) is 19.0 Å². The average molecular weight is 624 g/mol. The zero-order valence-electron chi connectivity index (χ0n) is 26.3. The van der Waals surface area contributed by atoms with Crippen LogP contribution in [-0.4, -0.2) is 51.1 Å². The molecule has 5 aromatic carbocycles. The van der Waals surface area contributed by atoms with Crippen LogP contribution in [0.15, 0.2) is 127 Å². The fourth-order valence-electron chi connectivity index (χ4n) is 5.14. The molecule has 0 saturated carbocycles. The Kier molecular flexibility index (Phi) is 10.3. The average Bonchev–Trinajstić information content (AvgIpc) is 3.13. The van der Waals surface area contributed by atoms with Gasteiger partial charge in [0.1, 0.15) is 24.2 Å². The number of aliphatic hydroxyl groups is 1. The van der Waals surface area contributed by atoms with Crippen LogP contribution in [0.1, 0.15) is 19.8 Å². The summed E-state index contributed by atoms with van der Waals surface area (Å²) in [5.41, 5.74) is 6.51. The van der Waals surface area contributed by atoms with Gasteiger partial charge in [0, 0.05) is 23.8 Å². The van der Waals surface area contributed by atoms with Crippen molar-refractivity contribution >= 4 is 0 Å². The molecule has 7 nitrogen and oxygen atoms in total. The minimum Gasteiger partial charge on any atom is -0.507 e. The number of ether oxygens (including phenoxy) is 2. The van der Waals surface area contributed by atoms with E-state index in [1.165, 1.54) is 6.07 Å². The van der Waals surface area contributed by atoms with Gasteiger partial charge in [0.05, 0.1) is 12.2 Å². The van der Waals surface area contributed by atoms with E-state index in [1.54, 1.807) is 12.1 Å². The van der Waals surface area contributed by atoms with Crippen LogP contribution in [0.5, 0.6) is 11.5 Å². The van der Waals surface area contributed by atoms with Crippen LogP contribution < -0.4 is 4.74 Å². The molecule has 1 aromatic heterocycles. The third-order valence-electron chi connectivity index (χ3n) is 7.74. The van der Waals surface area contributed by atoms with Gasteiger partial charge in [-0.3, -0.25) is 0 Å². The Morgan fingerprint density at radius 3 is 1.57 bits per heavy atom. The van der Waals surface area contributed by atoms with Gasteiger partial charge in [-0.15, -0.1) is 0 Å². The van der Waals surface area contributed by atoms with E-state index in [0.717, 1.165) is 46.2 Å². The van der Waals surface area contributed by atoms with Crippen LogP contribution in [0, 0.1) is 0 Å². The second-order valence-corrected chi connectivity index (χ2v) is 11.3. The van der Waals surface area contributed by atoms with Crippen LogP contribution in [0.25, 0.3) is 56.4 Å². The molecule has 0 aliphatic heterocycles. The third kappa shape index (κ3) is 8.08. The maximum absolute atomic E-state index is 11.1.